The molecule has 28 heavy (non-hydrogen) atoms. The molecule has 144 valence electrons. The average Bonchev–Trinajstić information content (AvgIpc) is 2.69. The normalized spacial score (nSPS) is 10.7. The number of nitriles is 1. The number of carbonyl (C=O) groups excluding carboxylic acids is 2. The van der Waals surface area contributed by atoms with E-state index in [1.165, 1.54) is 6.08 Å². The maximum atomic E-state index is 12.4. The van der Waals surface area contributed by atoms with Gasteiger partial charge in [0.25, 0.3) is 5.91 Å². The van der Waals surface area contributed by atoms with Crippen LogP contribution in [0.15, 0.2) is 48.0 Å². The zero-order chi connectivity index (χ0) is 20.5. The molecule has 0 radical (unpaired) electrons. The van der Waals surface area contributed by atoms with Gasteiger partial charge in [-0.1, -0.05) is 24.3 Å². The molecule has 0 unspecified atom stereocenters. The lowest BCUT2D eigenvalue weighted by Gasteiger charge is -2.10. The first-order valence-corrected chi connectivity index (χ1v) is 8.82. The van der Waals surface area contributed by atoms with E-state index in [4.69, 9.17) is 9.47 Å². The minimum absolute atomic E-state index is 0.0129. The molecule has 0 aromatic heterocycles. The monoisotopic (exact) mass is 378 g/mol. The Morgan fingerprint density at radius 2 is 1.86 bits per heavy atom. The number of hydrogen-bond acceptors (Lipinski definition) is 5. The van der Waals surface area contributed by atoms with Gasteiger partial charge in [-0.3, -0.25) is 4.79 Å². The Bertz CT molecular complexity index is 925. The fourth-order valence-corrected chi connectivity index (χ4v) is 2.40. The van der Waals surface area contributed by atoms with Crippen molar-refractivity contribution < 1.29 is 19.1 Å². The smallest absolute Gasteiger partial charge is 0.344 e. The quantitative estimate of drug-likeness (QED) is 0.450. The number of nitrogens with one attached hydrogen (secondary N) is 1. The van der Waals surface area contributed by atoms with E-state index in [0.717, 1.165) is 11.1 Å². The Kier molecular flexibility index (Phi) is 7.35. The van der Waals surface area contributed by atoms with E-state index in [9.17, 15) is 14.9 Å². The highest BCUT2D eigenvalue weighted by atomic mass is 16.6. The number of amides is 1. The molecule has 6 heteroatoms. The molecular formula is C22H22N2O4. The lowest BCUT2D eigenvalue weighted by atomic mass is 10.1. The van der Waals surface area contributed by atoms with E-state index in [1.54, 1.807) is 37.3 Å². The number of esters is 1. The van der Waals surface area contributed by atoms with Crippen LogP contribution >= 0.6 is 0 Å². The molecule has 1 N–H and O–H groups in total. The van der Waals surface area contributed by atoms with Crippen molar-refractivity contribution in [2.24, 2.45) is 0 Å². The number of rotatable bonds is 7. The van der Waals surface area contributed by atoms with Gasteiger partial charge in [0.05, 0.1) is 6.61 Å². The molecule has 0 aliphatic rings. The van der Waals surface area contributed by atoms with Gasteiger partial charge in [-0.05, 0) is 61.7 Å². The molecule has 0 aliphatic carbocycles. The van der Waals surface area contributed by atoms with Gasteiger partial charge in [-0.25, -0.2) is 4.79 Å². The number of aryl methyl sites for hydroxylation is 1. The highest BCUT2D eigenvalue weighted by Crippen LogP contribution is 2.20. The van der Waals surface area contributed by atoms with Crippen LogP contribution in [0.25, 0.3) is 6.08 Å². The van der Waals surface area contributed by atoms with Gasteiger partial charge in [-0.15, -0.1) is 0 Å². The van der Waals surface area contributed by atoms with Crippen molar-refractivity contribution in [3.63, 3.8) is 0 Å². The first kappa shape index (κ1) is 20.7. The molecule has 0 spiro atoms. The van der Waals surface area contributed by atoms with Gasteiger partial charge in [0.1, 0.15) is 17.4 Å². The van der Waals surface area contributed by atoms with E-state index in [-0.39, 0.29) is 12.2 Å². The summed E-state index contributed by atoms with van der Waals surface area (Å²) >= 11 is 0. The van der Waals surface area contributed by atoms with E-state index in [0.29, 0.717) is 23.6 Å². The molecule has 2 aromatic rings. The van der Waals surface area contributed by atoms with Gasteiger partial charge in [0, 0.05) is 5.69 Å². The lowest BCUT2D eigenvalue weighted by Crippen LogP contribution is -2.14. The van der Waals surface area contributed by atoms with Crippen molar-refractivity contribution >= 4 is 23.6 Å². The summed E-state index contributed by atoms with van der Waals surface area (Å²) in [6.45, 7) is 5.72. The third-order valence-electron chi connectivity index (χ3n) is 4.07. The van der Waals surface area contributed by atoms with Crippen LogP contribution in [0.4, 0.5) is 5.69 Å². The van der Waals surface area contributed by atoms with Gasteiger partial charge in [0.2, 0.25) is 0 Å². The Morgan fingerprint density at radius 1 is 1.14 bits per heavy atom. The molecule has 0 saturated heterocycles. The summed E-state index contributed by atoms with van der Waals surface area (Å²) in [6.07, 6.45) is 1.50. The summed E-state index contributed by atoms with van der Waals surface area (Å²) in [6, 6.07) is 14.2. The highest BCUT2D eigenvalue weighted by Gasteiger charge is 2.11. The van der Waals surface area contributed by atoms with Crippen LogP contribution in [0.1, 0.15) is 23.6 Å². The van der Waals surface area contributed by atoms with E-state index in [1.807, 2.05) is 32.0 Å². The third kappa shape index (κ3) is 5.71. The van der Waals surface area contributed by atoms with Crippen molar-refractivity contribution in [3.05, 3.63) is 64.7 Å². The fraction of sp³-hybridized carbons (Fsp3) is 0.227. The summed E-state index contributed by atoms with van der Waals surface area (Å²) in [5.41, 5.74) is 3.33. The summed E-state index contributed by atoms with van der Waals surface area (Å²) in [5.74, 6) is -0.427. The lowest BCUT2D eigenvalue weighted by molar-refractivity contribution is -0.145. The standard InChI is InChI=1S/C22H22N2O4/c1-4-27-21(25)14-28-19-10-8-17(9-11-19)12-18(13-23)22(26)24-20-7-5-6-15(2)16(20)3/h5-12H,4,14H2,1-3H3,(H,24,26)/b18-12+. The number of ether oxygens (including phenoxy) is 2. The molecule has 0 heterocycles. The van der Waals surface area contributed by atoms with Crippen LogP contribution in [-0.2, 0) is 14.3 Å². The zero-order valence-electron chi connectivity index (χ0n) is 16.1. The maximum Gasteiger partial charge on any atom is 0.344 e. The predicted molar refractivity (Wildman–Crippen MR) is 107 cm³/mol. The first-order chi connectivity index (χ1) is 13.4. The van der Waals surface area contributed by atoms with Crippen LogP contribution in [0, 0.1) is 25.2 Å². The minimum atomic E-state index is -0.473. The summed E-state index contributed by atoms with van der Waals surface area (Å²) in [4.78, 5) is 23.7. The summed E-state index contributed by atoms with van der Waals surface area (Å²) < 4.78 is 10.1. The second-order valence-corrected chi connectivity index (χ2v) is 6.03. The molecule has 2 aromatic carbocycles. The first-order valence-electron chi connectivity index (χ1n) is 8.82. The molecule has 0 fully saturated rings. The number of nitrogens with zero attached hydrogens (tertiary/aromatic N) is 1. The second-order valence-electron chi connectivity index (χ2n) is 6.03. The molecule has 2 rings (SSSR count). The summed E-state index contributed by atoms with van der Waals surface area (Å²) in [5, 5.41) is 12.1. The molecule has 0 aliphatic heterocycles. The van der Waals surface area contributed by atoms with Crippen molar-refractivity contribution in [1.29, 1.82) is 5.26 Å². The molecule has 0 saturated carbocycles. The molecule has 0 atom stereocenters. The number of hydrogen-bond donors (Lipinski definition) is 1. The number of benzene rings is 2. The van der Waals surface area contributed by atoms with Crippen LogP contribution in [-0.4, -0.2) is 25.1 Å². The zero-order valence-corrected chi connectivity index (χ0v) is 16.1. The Labute approximate surface area is 164 Å². The van der Waals surface area contributed by atoms with Crippen LogP contribution in [0.5, 0.6) is 5.75 Å². The number of carbonyl (C=O) groups is 2. The van der Waals surface area contributed by atoms with Gasteiger partial charge in [-0.2, -0.15) is 5.26 Å². The molecule has 1 amide bonds. The molecule has 6 nitrogen and oxygen atoms in total. The summed E-state index contributed by atoms with van der Waals surface area (Å²) in [7, 11) is 0. The van der Waals surface area contributed by atoms with E-state index in [2.05, 4.69) is 5.32 Å². The van der Waals surface area contributed by atoms with E-state index >= 15 is 0 Å². The second kappa shape index (κ2) is 9.93. The van der Waals surface area contributed by atoms with Crippen LogP contribution in [0.3, 0.4) is 0 Å². The van der Waals surface area contributed by atoms with E-state index < -0.39 is 11.9 Å². The Morgan fingerprint density at radius 3 is 2.50 bits per heavy atom. The maximum absolute atomic E-state index is 12.4. The van der Waals surface area contributed by atoms with Gasteiger partial charge >= 0.3 is 5.97 Å². The minimum Gasteiger partial charge on any atom is -0.482 e. The highest BCUT2D eigenvalue weighted by molar-refractivity contribution is 6.10. The van der Waals surface area contributed by atoms with Gasteiger partial charge in [0.15, 0.2) is 6.61 Å². The average molecular weight is 378 g/mol. The SMILES string of the molecule is CCOC(=O)COc1ccc(/C=C(\C#N)C(=O)Nc2cccc(C)c2C)cc1. The van der Waals surface area contributed by atoms with Crippen LogP contribution in [0.2, 0.25) is 0 Å². The molecular weight excluding hydrogens is 356 g/mol. The van der Waals surface area contributed by atoms with Crippen molar-refractivity contribution in [1.82, 2.24) is 0 Å². The van der Waals surface area contributed by atoms with Crippen LogP contribution < -0.4 is 10.1 Å². The Hall–Kier alpha value is -3.59. The van der Waals surface area contributed by atoms with Gasteiger partial charge < -0.3 is 14.8 Å². The van der Waals surface area contributed by atoms with Crippen molar-refractivity contribution in [2.75, 3.05) is 18.5 Å². The Balaban J connectivity index is 2.07. The third-order valence-corrected chi connectivity index (χ3v) is 4.07. The fourth-order valence-electron chi connectivity index (χ4n) is 2.40. The molecule has 0 bridgehead atoms. The predicted octanol–water partition coefficient (Wildman–Crippen LogP) is 3.79. The largest absolute Gasteiger partial charge is 0.482 e. The van der Waals surface area contributed by atoms with Crippen molar-refractivity contribution in [2.45, 2.75) is 20.8 Å². The van der Waals surface area contributed by atoms with Crippen molar-refractivity contribution in [3.8, 4) is 11.8 Å². The topological polar surface area (TPSA) is 88.4 Å². The number of anilines is 1.